The second-order valence-electron chi connectivity index (χ2n) is 9.81. The normalized spacial score (nSPS) is 33.7. The minimum atomic E-state index is -0.294. The highest BCUT2D eigenvalue weighted by molar-refractivity contribution is 6.36. The van der Waals surface area contributed by atoms with Crippen LogP contribution in [0.25, 0.3) is 11.1 Å². The zero-order valence-electron chi connectivity index (χ0n) is 17.7. The van der Waals surface area contributed by atoms with Crippen LogP contribution in [0.5, 0.6) is 0 Å². The van der Waals surface area contributed by atoms with Crippen molar-refractivity contribution in [3.05, 3.63) is 71.8 Å². The molecular weight excluding hydrogens is 366 g/mol. The largest absolute Gasteiger partial charge is 0.292 e. The van der Waals surface area contributed by atoms with Crippen LogP contribution in [-0.2, 0) is 4.79 Å². The topological polar surface area (TPSA) is 20.3 Å². The molecule has 1 aliphatic heterocycles. The van der Waals surface area contributed by atoms with Gasteiger partial charge in [-0.1, -0.05) is 67.1 Å². The van der Waals surface area contributed by atoms with Gasteiger partial charge in [-0.2, -0.15) is 0 Å². The van der Waals surface area contributed by atoms with Gasteiger partial charge >= 0.3 is 0 Å². The van der Waals surface area contributed by atoms with E-state index in [1.165, 1.54) is 56.1 Å². The number of likely N-dealkylation sites (tertiary alicyclic amines) is 1. The van der Waals surface area contributed by atoms with Gasteiger partial charge in [-0.05, 0) is 80.2 Å². The van der Waals surface area contributed by atoms with Crippen molar-refractivity contribution in [3.63, 3.8) is 0 Å². The first-order valence-corrected chi connectivity index (χ1v) is 12.0. The van der Waals surface area contributed by atoms with Crippen LogP contribution < -0.4 is 0 Å². The SMILES string of the molecule is O=C1C(c2ccccc2)=C(c2ccccc2)C2C3CCC(CC3)[C@@]12N1CCCCC1. The lowest BCUT2D eigenvalue weighted by Crippen LogP contribution is -2.67. The van der Waals surface area contributed by atoms with Gasteiger partial charge in [0, 0.05) is 11.5 Å². The Morgan fingerprint density at radius 3 is 1.97 bits per heavy atom. The van der Waals surface area contributed by atoms with Gasteiger partial charge in [0.1, 0.15) is 0 Å². The Morgan fingerprint density at radius 1 is 0.733 bits per heavy atom. The predicted molar refractivity (Wildman–Crippen MR) is 122 cm³/mol. The Bertz CT molecular complexity index is 964. The molecule has 2 heteroatoms. The van der Waals surface area contributed by atoms with E-state index in [9.17, 15) is 4.79 Å². The van der Waals surface area contributed by atoms with Gasteiger partial charge in [-0.25, -0.2) is 0 Å². The fraction of sp³-hybridized carbons (Fsp3) is 0.464. The summed E-state index contributed by atoms with van der Waals surface area (Å²) < 4.78 is 0. The number of fused-ring (bicyclic) bond motifs is 2. The molecule has 5 aliphatic rings. The van der Waals surface area contributed by atoms with Gasteiger partial charge in [0.05, 0.1) is 5.54 Å². The number of hydrogen-bond donors (Lipinski definition) is 0. The molecule has 0 radical (unpaired) electrons. The van der Waals surface area contributed by atoms with Crippen LogP contribution >= 0.6 is 0 Å². The quantitative estimate of drug-likeness (QED) is 0.648. The van der Waals surface area contributed by atoms with Crippen molar-refractivity contribution < 1.29 is 4.79 Å². The van der Waals surface area contributed by atoms with Gasteiger partial charge in [-0.3, -0.25) is 9.69 Å². The van der Waals surface area contributed by atoms with E-state index in [1.54, 1.807) is 0 Å². The van der Waals surface area contributed by atoms with Gasteiger partial charge in [0.15, 0.2) is 5.78 Å². The van der Waals surface area contributed by atoms with E-state index in [0.717, 1.165) is 24.2 Å². The first-order valence-electron chi connectivity index (χ1n) is 12.0. The number of nitrogens with zero attached hydrogens (tertiary/aromatic N) is 1. The highest BCUT2D eigenvalue weighted by Crippen LogP contribution is 2.64. The van der Waals surface area contributed by atoms with Crippen molar-refractivity contribution in [1.29, 1.82) is 0 Å². The lowest BCUT2D eigenvalue weighted by molar-refractivity contribution is -0.144. The summed E-state index contributed by atoms with van der Waals surface area (Å²) in [5, 5.41) is 0. The molecule has 30 heavy (non-hydrogen) atoms. The van der Waals surface area contributed by atoms with Crippen molar-refractivity contribution in [1.82, 2.24) is 4.90 Å². The van der Waals surface area contributed by atoms with Crippen molar-refractivity contribution in [2.24, 2.45) is 17.8 Å². The van der Waals surface area contributed by atoms with Crippen LogP contribution in [-0.4, -0.2) is 29.3 Å². The molecule has 4 aliphatic carbocycles. The summed E-state index contributed by atoms with van der Waals surface area (Å²) in [5.41, 5.74) is 4.47. The number of hydrogen-bond acceptors (Lipinski definition) is 2. The third-order valence-corrected chi connectivity index (χ3v) is 8.54. The molecule has 1 unspecified atom stereocenters. The predicted octanol–water partition coefficient (Wildman–Crippen LogP) is 5.84. The Kier molecular flexibility index (Phi) is 4.46. The van der Waals surface area contributed by atoms with Crippen LogP contribution in [0.4, 0.5) is 0 Å². The van der Waals surface area contributed by atoms with Crippen molar-refractivity contribution in [2.75, 3.05) is 13.1 Å². The standard InChI is InChI=1S/C28H31NO/c30-27-25(21-12-6-2-7-13-21)24(20-10-4-1-5-11-20)26-22-14-16-23(17-15-22)28(26,27)29-18-8-3-9-19-29/h1-2,4-7,10-13,22-23,26H,3,8-9,14-19H2/t22?,23?,26?,28-/m0/s1. The summed E-state index contributed by atoms with van der Waals surface area (Å²) in [7, 11) is 0. The third-order valence-electron chi connectivity index (χ3n) is 8.54. The molecule has 3 saturated carbocycles. The molecule has 0 aromatic heterocycles. The number of piperidine rings is 1. The summed E-state index contributed by atoms with van der Waals surface area (Å²) in [4.78, 5) is 17.3. The van der Waals surface area contributed by atoms with Crippen molar-refractivity contribution in [2.45, 2.75) is 50.5 Å². The van der Waals surface area contributed by atoms with E-state index < -0.39 is 0 Å². The second-order valence-corrected chi connectivity index (χ2v) is 9.81. The van der Waals surface area contributed by atoms with Gasteiger partial charge in [0.25, 0.3) is 0 Å². The Balaban J connectivity index is 1.61. The second kappa shape index (κ2) is 7.20. The zero-order valence-corrected chi connectivity index (χ0v) is 17.7. The maximum Gasteiger partial charge on any atom is 0.184 e. The molecule has 0 amide bonds. The van der Waals surface area contributed by atoms with Crippen LogP contribution in [0.2, 0.25) is 0 Å². The highest BCUT2D eigenvalue weighted by atomic mass is 16.1. The molecule has 4 fully saturated rings. The number of benzene rings is 2. The summed E-state index contributed by atoms with van der Waals surface area (Å²) >= 11 is 0. The van der Waals surface area contributed by atoms with E-state index in [4.69, 9.17) is 0 Å². The number of carbonyl (C=O) groups excluding carboxylic acids is 1. The smallest absolute Gasteiger partial charge is 0.184 e. The first-order chi connectivity index (χ1) is 14.8. The monoisotopic (exact) mass is 397 g/mol. The average Bonchev–Trinajstić information content (AvgIpc) is 3.13. The van der Waals surface area contributed by atoms with E-state index in [2.05, 4.69) is 65.6 Å². The molecule has 0 N–H and O–H groups in total. The highest BCUT2D eigenvalue weighted by Gasteiger charge is 2.66. The van der Waals surface area contributed by atoms with Crippen LogP contribution in [0.15, 0.2) is 60.7 Å². The summed E-state index contributed by atoms with van der Waals surface area (Å²) in [6, 6.07) is 21.4. The molecule has 0 spiro atoms. The first kappa shape index (κ1) is 18.6. The molecular formula is C28H31NO. The molecule has 1 saturated heterocycles. The lowest BCUT2D eigenvalue weighted by Gasteiger charge is -2.59. The van der Waals surface area contributed by atoms with Gasteiger partial charge < -0.3 is 0 Å². The molecule has 2 aromatic rings. The van der Waals surface area contributed by atoms with E-state index in [-0.39, 0.29) is 5.54 Å². The number of ketones is 1. The Hall–Kier alpha value is -2.19. The summed E-state index contributed by atoms with van der Waals surface area (Å²) in [6.45, 7) is 2.19. The maximum atomic E-state index is 14.6. The van der Waals surface area contributed by atoms with E-state index >= 15 is 0 Å². The van der Waals surface area contributed by atoms with Crippen molar-refractivity contribution in [3.8, 4) is 0 Å². The average molecular weight is 398 g/mol. The maximum absolute atomic E-state index is 14.6. The van der Waals surface area contributed by atoms with Gasteiger partial charge in [-0.15, -0.1) is 0 Å². The molecule has 2 aromatic carbocycles. The lowest BCUT2D eigenvalue weighted by atomic mass is 9.52. The third kappa shape index (κ3) is 2.49. The Labute approximate surface area is 180 Å². The number of rotatable bonds is 3. The molecule has 2 nitrogen and oxygen atoms in total. The Morgan fingerprint density at radius 2 is 1.33 bits per heavy atom. The molecule has 2 atom stereocenters. The molecule has 7 rings (SSSR count). The van der Waals surface area contributed by atoms with E-state index in [0.29, 0.717) is 23.5 Å². The zero-order chi connectivity index (χ0) is 20.1. The molecule has 154 valence electrons. The van der Waals surface area contributed by atoms with Crippen molar-refractivity contribution >= 4 is 16.9 Å². The number of carbonyl (C=O) groups is 1. The summed E-state index contributed by atoms with van der Waals surface area (Å²) in [6.07, 6.45) is 8.82. The van der Waals surface area contributed by atoms with Gasteiger partial charge in [0.2, 0.25) is 0 Å². The van der Waals surface area contributed by atoms with Crippen LogP contribution in [0, 0.1) is 17.8 Å². The molecule has 1 heterocycles. The van der Waals surface area contributed by atoms with Crippen LogP contribution in [0.3, 0.4) is 0 Å². The van der Waals surface area contributed by atoms with Crippen LogP contribution in [0.1, 0.15) is 56.1 Å². The fourth-order valence-electron chi connectivity index (χ4n) is 7.46. The minimum Gasteiger partial charge on any atom is -0.292 e. The molecule has 2 bridgehead atoms. The van der Waals surface area contributed by atoms with E-state index in [1.807, 2.05) is 0 Å². The number of Topliss-reactive ketones (excluding diaryl/α,β-unsaturated/α-hetero) is 1. The minimum absolute atomic E-state index is 0.294. The summed E-state index contributed by atoms with van der Waals surface area (Å²) in [5.74, 6) is 1.94. The fourth-order valence-corrected chi connectivity index (χ4v) is 7.46.